The van der Waals surface area contributed by atoms with Crippen LogP contribution in [0.1, 0.15) is 30.0 Å². The van der Waals surface area contributed by atoms with E-state index in [-0.39, 0.29) is 0 Å². The average Bonchev–Trinajstić information content (AvgIpc) is 2.71. The van der Waals surface area contributed by atoms with Gasteiger partial charge >= 0.3 is 0 Å². The first-order chi connectivity index (χ1) is 9.13. The Morgan fingerprint density at radius 1 is 1.16 bits per heavy atom. The molecular weight excluding hydrogens is 254 g/mol. The van der Waals surface area contributed by atoms with Gasteiger partial charge in [0.25, 0.3) is 0 Å². The first-order valence-corrected chi connectivity index (χ1v) is 8.17. The van der Waals surface area contributed by atoms with Crippen molar-refractivity contribution in [2.45, 2.75) is 39.4 Å². The number of thiophene rings is 1. The average molecular weight is 281 g/mol. The number of hydrogen-bond acceptors (Lipinski definition) is 4. The number of rotatable bonds is 5. The van der Waals surface area contributed by atoms with Crippen molar-refractivity contribution in [2.75, 3.05) is 33.2 Å². The van der Waals surface area contributed by atoms with Crippen LogP contribution < -0.4 is 5.32 Å². The van der Waals surface area contributed by atoms with Gasteiger partial charge in [0.1, 0.15) is 0 Å². The first-order valence-electron chi connectivity index (χ1n) is 7.35. The van der Waals surface area contributed by atoms with E-state index < -0.39 is 0 Å². The van der Waals surface area contributed by atoms with E-state index in [1.165, 1.54) is 42.4 Å². The highest BCUT2D eigenvalue weighted by atomic mass is 32.1. The minimum Gasteiger partial charge on any atom is -0.310 e. The van der Waals surface area contributed by atoms with Crippen LogP contribution in [0.25, 0.3) is 0 Å². The minimum absolute atomic E-state index is 0.562. The van der Waals surface area contributed by atoms with Crippen molar-refractivity contribution in [1.82, 2.24) is 15.1 Å². The van der Waals surface area contributed by atoms with Crippen LogP contribution in [0, 0.1) is 0 Å². The molecule has 1 fully saturated rings. The molecule has 0 bridgehead atoms. The topological polar surface area (TPSA) is 18.5 Å². The molecule has 1 aromatic rings. The molecule has 2 rings (SSSR count). The van der Waals surface area contributed by atoms with Gasteiger partial charge in [0, 0.05) is 42.0 Å². The summed E-state index contributed by atoms with van der Waals surface area (Å²) in [6, 6.07) is 5.14. The summed E-state index contributed by atoms with van der Waals surface area (Å²) in [6.07, 6.45) is 1.30. The zero-order valence-electron chi connectivity index (χ0n) is 12.5. The van der Waals surface area contributed by atoms with Crippen molar-refractivity contribution in [3.63, 3.8) is 0 Å². The molecule has 0 aliphatic carbocycles. The molecule has 0 radical (unpaired) electrons. The second-order valence-corrected chi connectivity index (χ2v) is 7.09. The predicted molar refractivity (Wildman–Crippen MR) is 83.7 cm³/mol. The van der Waals surface area contributed by atoms with Gasteiger partial charge < -0.3 is 10.2 Å². The van der Waals surface area contributed by atoms with E-state index in [0.717, 1.165) is 13.1 Å². The van der Waals surface area contributed by atoms with Crippen LogP contribution in [-0.4, -0.2) is 49.1 Å². The second kappa shape index (κ2) is 7.39. The summed E-state index contributed by atoms with van der Waals surface area (Å²) in [5.74, 6) is 0. The molecule has 0 saturated carbocycles. The maximum atomic E-state index is 3.48. The molecule has 1 aliphatic rings. The predicted octanol–water partition coefficient (Wildman–Crippen LogP) is 2.38. The number of hydrogen-bond donors (Lipinski definition) is 1. The summed E-state index contributed by atoms with van der Waals surface area (Å²) in [5.41, 5.74) is 0. The second-order valence-electron chi connectivity index (χ2n) is 5.84. The maximum absolute atomic E-state index is 3.48. The van der Waals surface area contributed by atoms with Gasteiger partial charge in [-0.2, -0.15) is 0 Å². The smallest absolute Gasteiger partial charge is 0.0328 e. The normalized spacial score (nSPS) is 18.9. The Hall–Kier alpha value is -0.420. The standard InChI is InChI=1S/C15H27N3S/c1-13(2)16-11-14-5-6-15(19-14)12-18-8-4-7-17(3)9-10-18/h5-6,13,16H,4,7-12H2,1-3H3. The van der Waals surface area contributed by atoms with Crippen LogP contribution >= 0.6 is 11.3 Å². The maximum Gasteiger partial charge on any atom is 0.0328 e. The summed E-state index contributed by atoms with van der Waals surface area (Å²) >= 11 is 1.96. The summed E-state index contributed by atoms with van der Waals surface area (Å²) in [6.45, 7) is 11.4. The molecular formula is C15H27N3S. The Morgan fingerprint density at radius 2 is 1.95 bits per heavy atom. The first kappa shape index (κ1) is 15.0. The SMILES string of the molecule is CC(C)NCc1ccc(CN2CCCN(C)CC2)s1. The summed E-state index contributed by atoms with van der Waals surface area (Å²) in [5, 5.41) is 3.48. The van der Waals surface area contributed by atoms with Crippen molar-refractivity contribution in [3.05, 3.63) is 21.9 Å². The quantitative estimate of drug-likeness (QED) is 0.894. The van der Waals surface area contributed by atoms with Crippen LogP contribution in [0.5, 0.6) is 0 Å². The molecule has 0 spiro atoms. The molecule has 1 aromatic heterocycles. The van der Waals surface area contributed by atoms with Crippen molar-refractivity contribution < 1.29 is 0 Å². The third-order valence-electron chi connectivity index (χ3n) is 3.59. The Labute approximate surface area is 121 Å². The van der Waals surface area contributed by atoms with Crippen molar-refractivity contribution in [3.8, 4) is 0 Å². The summed E-state index contributed by atoms with van der Waals surface area (Å²) in [4.78, 5) is 7.99. The fourth-order valence-corrected chi connectivity index (χ4v) is 3.40. The molecule has 1 aliphatic heterocycles. The van der Waals surface area contributed by atoms with Gasteiger partial charge in [0.15, 0.2) is 0 Å². The van der Waals surface area contributed by atoms with Gasteiger partial charge in [0.05, 0.1) is 0 Å². The third kappa shape index (κ3) is 5.22. The van der Waals surface area contributed by atoms with E-state index >= 15 is 0 Å². The zero-order chi connectivity index (χ0) is 13.7. The van der Waals surface area contributed by atoms with Gasteiger partial charge in [-0.25, -0.2) is 0 Å². The Kier molecular flexibility index (Phi) is 5.82. The molecule has 0 unspecified atom stereocenters. The lowest BCUT2D eigenvalue weighted by Crippen LogP contribution is -2.28. The highest BCUT2D eigenvalue weighted by Gasteiger charge is 2.13. The van der Waals surface area contributed by atoms with Crippen molar-refractivity contribution in [1.29, 1.82) is 0 Å². The molecule has 19 heavy (non-hydrogen) atoms. The fourth-order valence-electron chi connectivity index (χ4n) is 2.39. The summed E-state index contributed by atoms with van der Waals surface area (Å²) < 4.78 is 0. The van der Waals surface area contributed by atoms with Gasteiger partial charge in [0.2, 0.25) is 0 Å². The van der Waals surface area contributed by atoms with Gasteiger partial charge in [-0.3, -0.25) is 4.90 Å². The molecule has 4 heteroatoms. The molecule has 0 atom stereocenters. The van der Waals surface area contributed by atoms with Gasteiger partial charge in [-0.1, -0.05) is 13.8 Å². The zero-order valence-corrected chi connectivity index (χ0v) is 13.3. The van der Waals surface area contributed by atoms with E-state index in [2.05, 4.69) is 48.1 Å². The molecule has 1 saturated heterocycles. The van der Waals surface area contributed by atoms with Crippen LogP contribution in [0.4, 0.5) is 0 Å². The lowest BCUT2D eigenvalue weighted by molar-refractivity contribution is 0.271. The van der Waals surface area contributed by atoms with E-state index in [4.69, 9.17) is 0 Å². The number of nitrogens with zero attached hydrogens (tertiary/aromatic N) is 2. The van der Waals surface area contributed by atoms with E-state index in [1.807, 2.05) is 11.3 Å². The van der Waals surface area contributed by atoms with Crippen LogP contribution in [0.2, 0.25) is 0 Å². The van der Waals surface area contributed by atoms with E-state index in [9.17, 15) is 0 Å². The highest BCUT2D eigenvalue weighted by Crippen LogP contribution is 2.19. The number of likely N-dealkylation sites (N-methyl/N-ethyl adjacent to an activating group) is 1. The van der Waals surface area contributed by atoms with E-state index in [1.54, 1.807) is 0 Å². The van der Waals surface area contributed by atoms with Gasteiger partial charge in [-0.05, 0) is 38.7 Å². The fraction of sp³-hybridized carbons (Fsp3) is 0.733. The van der Waals surface area contributed by atoms with Gasteiger partial charge in [-0.15, -0.1) is 11.3 Å². The minimum atomic E-state index is 0.562. The molecule has 0 amide bonds. The molecule has 1 N–H and O–H groups in total. The Balaban J connectivity index is 1.82. The molecule has 2 heterocycles. The lowest BCUT2D eigenvalue weighted by Gasteiger charge is -2.19. The van der Waals surface area contributed by atoms with Crippen LogP contribution in [-0.2, 0) is 13.1 Å². The molecule has 0 aromatic carbocycles. The molecule has 108 valence electrons. The summed E-state index contributed by atoms with van der Waals surface area (Å²) in [7, 11) is 2.23. The third-order valence-corrected chi connectivity index (χ3v) is 4.66. The highest BCUT2D eigenvalue weighted by molar-refractivity contribution is 7.11. The van der Waals surface area contributed by atoms with Crippen molar-refractivity contribution >= 4 is 11.3 Å². The largest absolute Gasteiger partial charge is 0.310 e. The Morgan fingerprint density at radius 3 is 2.74 bits per heavy atom. The lowest BCUT2D eigenvalue weighted by atomic mass is 10.3. The number of nitrogens with one attached hydrogen (secondary N) is 1. The van der Waals surface area contributed by atoms with Crippen LogP contribution in [0.15, 0.2) is 12.1 Å². The van der Waals surface area contributed by atoms with E-state index in [0.29, 0.717) is 6.04 Å². The van der Waals surface area contributed by atoms with Crippen molar-refractivity contribution in [2.24, 2.45) is 0 Å². The Bertz CT molecular complexity index is 375. The monoisotopic (exact) mass is 281 g/mol. The van der Waals surface area contributed by atoms with Crippen LogP contribution in [0.3, 0.4) is 0 Å². The molecule has 3 nitrogen and oxygen atoms in total.